The van der Waals surface area contributed by atoms with Gasteiger partial charge in [0.25, 0.3) is 5.88 Å². The minimum absolute atomic E-state index is 0.0521. The van der Waals surface area contributed by atoms with Crippen molar-refractivity contribution >= 4 is 5.91 Å². The van der Waals surface area contributed by atoms with Crippen LogP contribution in [0.1, 0.15) is 24.8 Å². The predicted molar refractivity (Wildman–Crippen MR) is 91.7 cm³/mol. The van der Waals surface area contributed by atoms with Crippen molar-refractivity contribution in [3.05, 3.63) is 17.4 Å². The topological polar surface area (TPSA) is 63.7 Å². The second-order valence-electron chi connectivity index (χ2n) is 7.34. The zero-order valence-corrected chi connectivity index (χ0v) is 16.0. The summed E-state index contributed by atoms with van der Waals surface area (Å²) in [6.45, 7) is -0.0428. The number of nitrogens with zero attached hydrogens (tertiary/aromatic N) is 2. The van der Waals surface area contributed by atoms with Gasteiger partial charge in [0.2, 0.25) is 11.8 Å². The third-order valence-corrected chi connectivity index (χ3v) is 5.38. The Kier molecular flexibility index (Phi) is 5.88. The van der Waals surface area contributed by atoms with Crippen LogP contribution in [0.3, 0.4) is 0 Å². The van der Waals surface area contributed by atoms with Crippen LogP contribution < -0.4 is 14.8 Å². The number of methoxy groups -OCH3 is 1. The number of likely N-dealkylation sites (tertiary alicyclic amines) is 1. The number of hydrogen-bond acceptors (Lipinski definition) is 5. The molecule has 2 fully saturated rings. The molecule has 1 unspecified atom stereocenters. The molecule has 162 valence electrons. The molecule has 3 rings (SSSR count). The Balaban J connectivity index is 1.62. The van der Waals surface area contributed by atoms with E-state index in [1.54, 1.807) is 0 Å². The van der Waals surface area contributed by atoms with Crippen LogP contribution in [0.4, 0.5) is 22.0 Å². The Morgan fingerprint density at radius 1 is 1.34 bits per heavy atom. The first-order valence-electron chi connectivity index (χ1n) is 9.16. The number of rotatable bonds is 7. The molecular weight excluding hydrogens is 401 g/mol. The number of alkyl halides is 4. The van der Waals surface area contributed by atoms with Crippen LogP contribution >= 0.6 is 0 Å². The van der Waals surface area contributed by atoms with Gasteiger partial charge in [0, 0.05) is 18.5 Å². The summed E-state index contributed by atoms with van der Waals surface area (Å²) < 4.78 is 76.6. The van der Waals surface area contributed by atoms with Gasteiger partial charge in [-0.25, -0.2) is 4.39 Å². The van der Waals surface area contributed by atoms with Crippen molar-refractivity contribution in [3.63, 3.8) is 0 Å². The largest absolute Gasteiger partial charge is 0.481 e. The fourth-order valence-electron chi connectivity index (χ4n) is 3.52. The number of likely N-dealkylation sites (N-methyl/N-ethyl adjacent to an activating group) is 1. The van der Waals surface area contributed by atoms with Crippen molar-refractivity contribution in [1.82, 2.24) is 15.2 Å². The lowest BCUT2D eigenvalue weighted by Crippen LogP contribution is -2.60. The SMILES string of the molecule is COc1nc(OCC2CC(F)(F)C2(F)F)c(F)cc1CNC(=O)[C@@H]1CCCN1C. The number of ether oxygens (including phenoxy) is 2. The van der Waals surface area contributed by atoms with Crippen LogP contribution in [-0.2, 0) is 11.3 Å². The lowest BCUT2D eigenvalue weighted by Gasteiger charge is -2.43. The minimum atomic E-state index is -4.20. The van der Waals surface area contributed by atoms with Gasteiger partial charge in [-0.05, 0) is 32.5 Å². The van der Waals surface area contributed by atoms with Gasteiger partial charge in [-0.1, -0.05) is 0 Å². The van der Waals surface area contributed by atoms with E-state index < -0.39 is 42.5 Å². The van der Waals surface area contributed by atoms with E-state index in [1.165, 1.54) is 7.11 Å². The monoisotopic (exact) mass is 423 g/mol. The number of aromatic nitrogens is 1. The molecule has 1 aromatic rings. The first-order chi connectivity index (χ1) is 13.6. The van der Waals surface area contributed by atoms with E-state index in [-0.39, 0.29) is 29.9 Å². The summed E-state index contributed by atoms with van der Waals surface area (Å²) in [5, 5.41) is 2.69. The maximum atomic E-state index is 14.3. The molecule has 29 heavy (non-hydrogen) atoms. The molecule has 0 spiro atoms. The molecule has 0 radical (unpaired) electrons. The molecule has 6 nitrogen and oxygen atoms in total. The highest BCUT2D eigenvalue weighted by Crippen LogP contribution is 2.55. The fraction of sp³-hybridized carbons (Fsp3) is 0.667. The molecule has 1 aromatic heterocycles. The second kappa shape index (κ2) is 7.92. The Hall–Kier alpha value is -2.17. The number of amides is 1. The smallest absolute Gasteiger partial charge is 0.316 e. The maximum absolute atomic E-state index is 14.3. The van der Waals surface area contributed by atoms with Crippen LogP contribution in [0.5, 0.6) is 11.8 Å². The van der Waals surface area contributed by atoms with Crippen LogP contribution in [0.15, 0.2) is 6.07 Å². The van der Waals surface area contributed by atoms with Gasteiger partial charge in [-0.2, -0.15) is 22.5 Å². The standard InChI is InChI=1S/C18H22F5N3O3/c1-26-5-3-4-13(26)14(27)24-8-10-6-12(19)16(25-15(10)28-2)29-9-11-7-17(20,21)18(11,22)23/h6,11,13H,3-5,7-9H2,1-2H3,(H,24,27)/t11?,13-/m0/s1. The van der Waals surface area contributed by atoms with Crippen molar-refractivity contribution in [1.29, 1.82) is 0 Å². The van der Waals surface area contributed by atoms with Gasteiger partial charge in [0.15, 0.2) is 5.82 Å². The van der Waals surface area contributed by atoms with E-state index in [4.69, 9.17) is 9.47 Å². The number of carbonyl (C=O) groups is 1. The third-order valence-electron chi connectivity index (χ3n) is 5.38. The Morgan fingerprint density at radius 2 is 2.07 bits per heavy atom. The summed E-state index contributed by atoms with van der Waals surface area (Å²) in [4.78, 5) is 17.9. The highest BCUT2D eigenvalue weighted by Gasteiger charge is 2.71. The summed E-state index contributed by atoms with van der Waals surface area (Å²) in [5.74, 6) is -11.9. The summed E-state index contributed by atoms with van der Waals surface area (Å²) in [5.41, 5.74) is 0.229. The molecule has 1 saturated heterocycles. The quantitative estimate of drug-likeness (QED) is 0.684. The number of carbonyl (C=O) groups excluding carboxylic acids is 1. The number of halogens is 5. The van der Waals surface area contributed by atoms with Gasteiger partial charge in [-0.3, -0.25) is 9.69 Å². The Morgan fingerprint density at radius 3 is 2.62 bits per heavy atom. The van der Waals surface area contributed by atoms with Gasteiger partial charge in [0.1, 0.15) is 0 Å². The molecule has 0 bridgehead atoms. The van der Waals surface area contributed by atoms with E-state index >= 15 is 0 Å². The highest BCUT2D eigenvalue weighted by atomic mass is 19.3. The van der Waals surface area contributed by atoms with Gasteiger partial charge in [0.05, 0.1) is 25.7 Å². The lowest BCUT2D eigenvalue weighted by molar-refractivity contribution is -0.317. The summed E-state index contributed by atoms with van der Waals surface area (Å²) in [6, 6.07) is 0.747. The molecule has 2 heterocycles. The van der Waals surface area contributed by atoms with E-state index in [9.17, 15) is 26.7 Å². The normalized spacial score (nSPS) is 25.3. The highest BCUT2D eigenvalue weighted by molar-refractivity contribution is 5.82. The number of pyridine rings is 1. The molecule has 11 heteroatoms. The Bertz CT molecular complexity index is 777. The van der Waals surface area contributed by atoms with Gasteiger partial charge in [-0.15, -0.1) is 0 Å². The van der Waals surface area contributed by atoms with Crippen LogP contribution in [-0.4, -0.2) is 61.0 Å². The van der Waals surface area contributed by atoms with E-state index in [0.717, 1.165) is 25.5 Å². The molecule has 2 aliphatic rings. The molecular formula is C18H22F5N3O3. The number of hydrogen-bond donors (Lipinski definition) is 1. The van der Waals surface area contributed by atoms with E-state index in [0.29, 0.717) is 0 Å². The summed E-state index contributed by atoms with van der Waals surface area (Å²) in [7, 11) is 3.10. The number of nitrogens with one attached hydrogen (secondary N) is 1. The van der Waals surface area contributed by atoms with E-state index in [2.05, 4.69) is 10.3 Å². The Labute approximate surface area is 164 Å². The minimum Gasteiger partial charge on any atom is -0.481 e. The van der Waals surface area contributed by atoms with Crippen molar-refractivity contribution in [2.24, 2.45) is 5.92 Å². The third kappa shape index (κ3) is 4.10. The van der Waals surface area contributed by atoms with Crippen molar-refractivity contribution in [3.8, 4) is 11.8 Å². The summed E-state index contributed by atoms with van der Waals surface area (Å²) >= 11 is 0. The molecule has 0 aromatic carbocycles. The first-order valence-corrected chi connectivity index (χ1v) is 9.16. The zero-order chi connectivity index (χ0) is 21.4. The van der Waals surface area contributed by atoms with Gasteiger partial charge < -0.3 is 14.8 Å². The van der Waals surface area contributed by atoms with Crippen LogP contribution in [0.25, 0.3) is 0 Å². The predicted octanol–water partition coefficient (Wildman–Crippen LogP) is 2.61. The molecule has 1 aliphatic carbocycles. The summed E-state index contributed by atoms with van der Waals surface area (Å²) in [6.07, 6.45) is 0.592. The molecule has 2 atom stereocenters. The molecule has 1 N–H and O–H groups in total. The van der Waals surface area contributed by atoms with Crippen molar-refractivity contribution in [2.45, 2.75) is 43.7 Å². The average molecular weight is 423 g/mol. The second-order valence-corrected chi connectivity index (χ2v) is 7.34. The maximum Gasteiger partial charge on any atom is 0.316 e. The van der Waals surface area contributed by atoms with Crippen LogP contribution in [0, 0.1) is 11.7 Å². The van der Waals surface area contributed by atoms with Crippen LogP contribution in [0.2, 0.25) is 0 Å². The zero-order valence-electron chi connectivity index (χ0n) is 16.0. The average Bonchev–Trinajstić information content (AvgIpc) is 3.09. The molecule has 1 amide bonds. The first kappa shape index (κ1) is 21.5. The fourth-order valence-corrected chi connectivity index (χ4v) is 3.52. The lowest BCUT2D eigenvalue weighted by atomic mass is 9.77. The van der Waals surface area contributed by atoms with Crippen molar-refractivity contribution < 1.29 is 36.2 Å². The van der Waals surface area contributed by atoms with E-state index in [1.807, 2.05) is 11.9 Å². The van der Waals surface area contributed by atoms with Crippen molar-refractivity contribution in [2.75, 3.05) is 27.3 Å². The molecule has 1 saturated carbocycles. The molecule has 1 aliphatic heterocycles. The van der Waals surface area contributed by atoms with Gasteiger partial charge >= 0.3 is 11.8 Å².